The van der Waals surface area contributed by atoms with Crippen molar-refractivity contribution in [1.82, 2.24) is 15.0 Å². The van der Waals surface area contributed by atoms with Crippen molar-refractivity contribution in [3.8, 4) is 11.5 Å². The molecule has 8 heteroatoms. The van der Waals surface area contributed by atoms with E-state index in [2.05, 4.69) is 10.1 Å². The number of aromatic nitrogens is 1. The number of carbonyl (C=O) groups excluding carboxylic acids is 1. The topological polar surface area (TPSA) is 68.0 Å². The molecule has 0 bridgehead atoms. The van der Waals surface area contributed by atoms with E-state index in [0.717, 1.165) is 86.5 Å². The van der Waals surface area contributed by atoms with Gasteiger partial charge in [0.05, 0.1) is 5.69 Å². The molecule has 36 heavy (non-hydrogen) atoms. The Morgan fingerprint density at radius 3 is 2.81 bits per heavy atom. The van der Waals surface area contributed by atoms with E-state index in [1.54, 1.807) is 12.1 Å². The third kappa shape index (κ3) is 4.82. The predicted molar refractivity (Wildman–Crippen MR) is 133 cm³/mol. The molecule has 2 aromatic carbocycles. The molecule has 3 aromatic rings. The van der Waals surface area contributed by atoms with Crippen molar-refractivity contribution in [1.29, 1.82) is 0 Å². The van der Waals surface area contributed by atoms with Gasteiger partial charge in [-0.05, 0) is 80.6 Å². The van der Waals surface area contributed by atoms with Crippen molar-refractivity contribution in [3.05, 3.63) is 59.5 Å². The third-order valence-corrected chi connectivity index (χ3v) is 7.60. The molecule has 3 aliphatic rings. The molecule has 1 unspecified atom stereocenters. The minimum absolute atomic E-state index is 0.0606. The first-order chi connectivity index (χ1) is 17.6. The molecule has 0 aliphatic carbocycles. The van der Waals surface area contributed by atoms with E-state index in [1.165, 1.54) is 12.1 Å². The summed E-state index contributed by atoms with van der Waals surface area (Å²) in [5, 5.41) is 5.18. The monoisotopic (exact) mass is 491 g/mol. The minimum atomic E-state index is -0.302. The molecule has 188 valence electrons. The van der Waals surface area contributed by atoms with Gasteiger partial charge in [0.25, 0.3) is 0 Å². The molecule has 2 saturated heterocycles. The highest BCUT2D eigenvalue weighted by atomic mass is 19.1. The van der Waals surface area contributed by atoms with Gasteiger partial charge in [-0.2, -0.15) is 0 Å². The number of likely N-dealkylation sites (tertiary alicyclic amines) is 2. The Hall–Kier alpha value is -3.39. The average Bonchev–Trinajstić information content (AvgIpc) is 3.54. The number of ether oxygens (including phenoxy) is 2. The first kappa shape index (κ1) is 23.0. The second-order valence-corrected chi connectivity index (χ2v) is 10.0. The van der Waals surface area contributed by atoms with Crippen LogP contribution < -0.4 is 9.47 Å². The summed E-state index contributed by atoms with van der Waals surface area (Å²) in [5.41, 5.74) is 2.40. The molecule has 2 fully saturated rings. The van der Waals surface area contributed by atoms with Gasteiger partial charge >= 0.3 is 0 Å². The fourth-order valence-electron chi connectivity index (χ4n) is 5.68. The second-order valence-electron chi connectivity index (χ2n) is 10.0. The molecule has 0 N–H and O–H groups in total. The lowest BCUT2D eigenvalue weighted by molar-refractivity contribution is -0.127. The summed E-state index contributed by atoms with van der Waals surface area (Å²) in [6, 6.07) is 10.4. The summed E-state index contributed by atoms with van der Waals surface area (Å²) in [7, 11) is 0. The zero-order valence-corrected chi connectivity index (χ0v) is 20.2. The number of halogens is 1. The number of hydrogen-bond donors (Lipinski definition) is 0. The number of carbonyl (C=O) groups is 1. The number of nitrogens with zero attached hydrogens (tertiary/aromatic N) is 3. The Labute approximate surface area is 209 Å². The van der Waals surface area contributed by atoms with Gasteiger partial charge in [0.2, 0.25) is 12.7 Å². The van der Waals surface area contributed by atoms with E-state index in [9.17, 15) is 9.18 Å². The Morgan fingerprint density at radius 2 is 1.92 bits per heavy atom. The van der Waals surface area contributed by atoms with Crippen molar-refractivity contribution < 1.29 is 23.2 Å². The summed E-state index contributed by atoms with van der Waals surface area (Å²) in [5.74, 6) is 2.03. The largest absolute Gasteiger partial charge is 0.454 e. The van der Waals surface area contributed by atoms with Crippen LogP contribution in [0.2, 0.25) is 0 Å². The van der Waals surface area contributed by atoms with E-state index in [1.807, 2.05) is 29.2 Å². The molecule has 1 amide bonds. The van der Waals surface area contributed by atoms with Gasteiger partial charge in [-0.15, -0.1) is 0 Å². The second kappa shape index (κ2) is 9.93. The third-order valence-electron chi connectivity index (χ3n) is 7.60. The van der Waals surface area contributed by atoms with E-state index >= 15 is 0 Å². The minimum Gasteiger partial charge on any atom is -0.454 e. The van der Waals surface area contributed by atoms with Crippen LogP contribution in [0.15, 0.2) is 47.0 Å². The predicted octanol–water partition coefficient (Wildman–Crippen LogP) is 4.83. The zero-order chi connectivity index (χ0) is 24.5. The molecule has 0 saturated carbocycles. The van der Waals surface area contributed by atoms with E-state index in [0.29, 0.717) is 17.4 Å². The smallest absolute Gasteiger partial charge is 0.246 e. The molecule has 0 radical (unpaired) electrons. The Kier molecular flexibility index (Phi) is 6.35. The van der Waals surface area contributed by atoms with Crippen molar-refractivity contribution in [2.75, 3.05) is 39.5 Å². The van der Waals surface area contributed by atoms with E-state index in [-0.39, 0.29) is 18.5 Å². The van der Waals surface area contributed by atoms with Crippen LogP contribution in [0.25, 0.3) is 17.0 Å². The molecule has 3 aliphatic heterocycles. The number of rotatable bonds is 5. The summed E-state index contributed by atoms with van der Waals surface area (Å²) >= 11 is 0. The molecule has 1 aromatic heterocycles. The number of piperidine rings is 2. The zero-order valence-electron chi connectivity index (χ0n) is 20.2. The van der Waals surface area contributed by atoms with Gasteiger partial charge in [0, 0.05) is 43.1 Å². The van der Waals surface area contributed by atoms with Crippen LogP contribution in [0.3, 0.4) is 0 Å². The maximum absolute atomic E-state index is 13.5. The van der Waals surface area contributed by atoms with Crippen molar-refractivity contribution in [2.24, 2.45) is 5.92 Å². The first-order valence-electron chi connectivity index (χ1n) is 12.8. The lowest BCUT2D eigenvalue weighted by Crippen LogP contribution is -2.44. The SMILES string of the molecule is O=C(C=Cc1ccc2c(c1)OCO2)N1CCCC(CN2CCC(c3noc4cc(F)ccc34)CC2)C1. The number of fused-ring (bicyclic) bond motifs is 2. The maximum Gasteiger partial charge on any atom is 0.246 e. The average molecular weight is 492 g/mol. The van der Waals surface area contributed by atoms with Crippen molar-refractivity contribution in [2.45, 2.75) is 31.6 Å². The van der Waals surface area contributed by atoms with E-state index in [4.69, 9.17) is 14.0 Å². The quantitative estimate of drug-likeness (QED) is 0.477. The fraction of sp³-hybridized carbons (Fsp3) is 0.429. The highest BCUT2D eigenvalue weighted by molar-refractivity contribution is 5.92. The van der Waals surface area contributed by atoms with Crippen LogP contribution in [-0.4, -0.2) is 60.4 Å². The molecule has 4 heterocycles. The highest BCUT2D eigenvalue weighted by Gasteiger charge is 2.29. The number of amides is 1. The maximum atomic E-state index is 13.5. The van der Waals surface area contributed by atoms with Crippen LogP contribution >= 0.6 is 0 Å². The lowest BCUT2D eigenvalue weighted by atomic mass is 9.90. The van der Waals surface area contributed by atoms with Crippen LogP contribution in [-0.2, 0) is 4.79 Å². The van der Waals surface area contributed by atoms with Crippen molar-refractivity contribution in [3.63, 3.8) is 0 Å². The van der Waals surface area contributed by atoms with Gasteiger partial charge in [-0.3, -0.25) is 4.79 Å². The highest BCUT2D eigenvalue weighted by Crippen LogP contribution is 2.34. The van der Waals surface area contributed by atoms with E-state index < -0.39 is 0 Å². The van der Waals surface area contributed by atoms with Crippen LogP contribution in [0, 0.1) is 11.7 Å². The first-order valence-corrected chi connectivity index (χ1v) is 12.8. The molecule has 0 spiro atoms. The van der Waals surface area contributed by atoms with Gasteiger partial charge < -0.3 is 23.8 Å². The standard InChI is InChI=1S/C28H30FN3O4/c29-22-5-6-23-25(15-22)36-30-28(23)21-9-12-31(13-10-21)16-20-2-1-11-32(17-20)27(33)8-4-19-3-7-24-26(14-19)35-18-34-24/h3-8,14-15,20-21H,1-2,9-13,16-18H2. The Bertz CT molecular complexity index is 1280. The molecular formula is C28H30FN3O4. The van der Waals surface area contributed by atoms with Gasteiger partial charge in [-0.25, -0.2) is 4.39 Å². The number of benzene rings is 2. The summed E-state index contributed by atoms with van der Waals surface area (Å²) < 4.78 is 29.6. The molecule has 1 atom stereocenters. The fourth-order valence-corrected chi connectivity index (χ4v) is 5.68. The summed E-state index contributed by atoms with van der Waals surface area (Å²) in [4.78, 5) is 17.4. The van der Waals surface area contributed by atoms with Gasteiger partial charge in [0.1, 0.15) is 5.82 Å². The van der Waals surface area contributed by atoms with Crippen LogP contribution in [0.1, 0.15) is 42.9 Å². The molecular weight excluding hydrogens is 461 g/mol. The van der Waals surface area contributed by atoms with Crippen LogP contribution in [0.5, 0.6) is 11.5 Å². The molecule has 7 nitrogen and oxygen atoms in total. The van der Waals surface area contributed by atoms with Gasteiger partial charge in [0.15, 0.2) is 17.1 Å². The Balaban J connectivity index is 1.01. The summed E-state index contributed by atoms with van der Waals surface area (Å²) in [6.07, 6.45) is 7.71. The normalized spacial score (nSPS) is 21.0. The van der Waals surface area contributed by atoms with Crippen molar-refractivity contribution >= 4 is 23.0 Å². The molecule has 6 rings (SSSR count). The lowest BCUT2D eigenvalue weighted by Gasteiger charge is -2.37. The Morgan fingerprint density at radius 1 is 1.06 bits per heavy atom. The summed E-state index contributed by atoms with van der Waals surface area (Å²) in [6.45, 7) is 4.84. The van der Waals surface area contributed by atoms with Crippen LogP contribution in [0.4, 0.5) is 4.39 Å². The van der Waals surface area contributed by atoms with Gasteiger partial charge in [-0.1, -0.05) is 11.2 Å². The number of hydrogen-bond acceptors (Lipinski definition) is 6.